The number of benzene rings is 1. The molecular formula is C13H17N3O2. The Balaban J connectivity index is 2.01. The summed E-state index contributed by atoms with van der Waals surface area (Å²) in [6.45, 7) is 4.39. The molecule has 1 aromatic heterocycles. The second-order valence-corrected chi connectivity index (χ2v) is 4.06. The van der Waals surface area contributed by atoms with Crippen molar-refractivity contribution in [1.82, 2.24) is 15.5 Å². The first-order chi connectivity index (χ1) is 8.70. The molecular weight excluding hydrogens is 230 g/mol. The molecule has 18 heavy (non-hydrogen) atoms. The number of nitrogens with zero attached hydrogens (tertiary/aromatic N) is 2. The minimum atomic E-state index is 0.147. The van der Waals surface area contributed by atoms with Gasteiger partial charge in [-0.15, -0.1) is 10.2 Å². The maximum Gasteiger partial charge on any atom is 0.230 e. The van der Waals surface area contributed by atoms with Crippen molar-refractivity contribution in [3.8, 4) is 5.75 Å². The van der Waals surface area contributed by atoms with Crippen LogP contribution in [0.15, 0.2) is 28.7 Å². The van der Waals surface area contributed by atoms with E-state index in [0.29, 0.717) is 18.3 Å². The monoisotopic (exact) mass is 247 g/mol. The van der Waals surface area contributed by atoms with E-state index in [4.69, 9.17) is 9.15 Å². The Morgan fingerprint density at radius 2 is 2.11 bits per heavy atom. The molecule has 2 aromatic rings. The highest BCUT2D eigenvalue weighted by molar-refractivity contribution is 5.35. The summed E-state index contributed by atoms with van der Waals surface area (Å²) in [5, 5.41) is 11.1. The summed E-state index contributed by atoms with van der Waals surface area (Å²) in [5.74, 6) is 2.05. The van der Waals surface area contributed by atoms with Crippen molar-refractivity contribution < 1.29 is 9.15 Å². The van der Waals surface area contributed by atoms with E-state index in [-0.39, 0.29) is 6.04 Å². The highest BCUT2D eigenvalue weighted by Crippen LogP contribution is 2.24. The van der Waals surface area contributed by atoms with Crippen LogP contribution in [0.25, 0.3) is 0 Å². The number of para-hydroxylation sites is 1. The van der Waals surface area contributed by atoms with Crippen LogP contribution in [-0.2, 0) is 6.54 Å². The average Bonchev–Trinajstić information content (AvgIpc) is 2.81. The molecule has 0 saturated carbocycles. The van der Waals surface area contributed by atoms with Gasteiger partial charge in [0.15, 0.2) is 0 Å². The van der Waals surface area contributed by atoms with Gasteiger partial charge < -0.3 is 14.5 Å². The van der Waals surface area contributed by atoms with E-state index in [1.165, 1.54) is 0 Å². The smallest absolute Gasteiger partial charge is 0.230 e. The number of aryl methyl sites for hydroxylation is 1. The summed E-state index contributed by atoms with van der Waals surface area (Å²) in [6, 6.07) is 8.08. The van der Waals surface area contributed by atoms with Gasteiger partial charge in [-0.2, -0.15) is 0 Å². The molecule has 0 radical (unpaired) electrons. The van der Waals surface area contributed by atoms with E-state index in [2.05, 4.69) is 22.4 Å². The summed E-state index contributed by atoms with van der Waals surface area (Å²) < 4.78 is 10.6. The Morgan fingerprint density at radius 3 is 2.78 bits per heavy atom. The summed E-state index contributed by atoms with van der Waals surface area (Å²) in [6.07, 6.45) is 0. The lowest BCUT2D eigenvalue weighted by Crippen LogP contribution is -2.18. The largest absolute Gasteiger partial charge is 0.496 e. The number of ether oxygens (including phenoxy) is 1. The lowest BCUT2D eigenvalue weighted by Gasteiger charge is -2.16. The molecule has 96 valence electrons. The fourth-order valence-corrected chi connectivity index (χ4v) is 1.78. The maximum atomic E-state index is 5.33. The molecule has 0 aliphatic carbocycles. The summed E-state index contributed by atoms with van der Waals surface area (Å²) in [7, 11) is 1.67. The Kier molecular flexibility index (Phi) is 3.94. The van der Waals surface area contributed by atoms with Crippen molar-refractivity contribution in [2.75, 3.05) is 7.11 Å². The van der Waals surface area contributed by atoms with Gasteiger partial charge >= 0.3 is 0 Å². The molecule has 0 saturated heterocycles. The summed E-state index contributed by atoms with van der Waals surface area (Å²) in [4.78, 5) is 0. The van der Waals surface area contributed by atoms with Crippen LogP contribution in [0.3, 0.4) is 0 Å². The van der Waals surface area contributed by atoms with Crippen molar-refractivity contribution >= 4 is 0 Å². The fourth-order valence-electron chi connectivity index (χ4n) is 1.78. The molecule has 0 bridgehead atoms. The standard InChI is InChI=1S/C13H17N3O2/c1-9(11-6-4-5-7-12(11)17-3)14-8-13-16-15-10(2)18-13/h4-7,9,14H,8H2,1-3H3/t9-/m1/s1. The lowest BCUT2D eigenvalue weighted by molar-refractivity contribution is 0.394. The van der Waals surface area contributed by atoms with Crippen molar-refractivity contribution in [3.05, 3.63) is 41.6 Å². The summed E-state index contributed by atoms with van der Waals surface area (Å²) >= 11 is 0. The first kappa shape index (κ1) is 12.6. The molecule has 0 fully saturated rings. The van der Waals surface area contributed by atoms with E-state index in [1.807, 2.05) is 24.3 Å². The van der Waals surface area contributed by atoms with Gasteiger partial charge in [-0.3, -0.25) is 0 Å². The molecule has 1 atom stereocenters. The molecule has 5 nitrogen and oxygen atoms in total. The Bertz CT molecular complexity index is 510. The molecule has 0 aliphatic heterocycles. The van der Waals surface area contributed by atoms with Crippen molar-refractivity contribution in [2.45, 2.75) is 26.4 Å². The number of aromatic nitrogens is 2. The molecule has 5 heteroatoms. The van der Waals surface area contributed by atoms with Gasteiger partial charge in [0.1, 0.15) is 5.75 Å². The van der Waals surface area contributed by atoms with Crippen molar-refractivity contribution in [2.24, 2.45) is 0 Å². The predicted octanol–water partition coefficient (Wildman–Crippen LogP) is 2.24. The van der Waals surface area contributed by atoms with Gasteiger partial charge in [-0.05, 0) is 13.0 Å². The first-order valence-electron chi connectivity index (χ1n) is 5.86. The topological polar surface area (TPSA) is 60.2 Å². The van der Waals surface area contributed by atoms with E-state index in [1.54, 1.807) is 14.0 Å². The van der Waals surface area contributed by atoms with Gasteiger partial charge in [-0.1, -0.05) is 18.2 Å². The van der Waals surface area contributed by atoms with E-state index >= 15 is 0 Å². The number of methoxy groups -OCH3 is 1. The zero-order valence-electron chi connectivity index (χ0n) is 10.8. The van der Waals surface area contributed by atoms with Gasteiger partial charge in [0.05, 0.1) is 13.7 Å². The van der Waals surface area contributed by atoms with E-state index in [9.17, 15) is 0 Å². The second-order valence-electron chi connectivity index (χ2n) is 4.06. The zero-order chi connectivity index (χ0) is 13.0. The molecule has 1 aromatic carbocycles. The van der Waals surface area contributed by atoms with Crippen LogP contribution in [-0.4, -0.2) is 17.3 Å². The third-order valence-corrected chi connectivity index (χ3v) is 2.73. The number of rotatable bonds is 5. The third-order valence-electron chi connectivity index (χ3n) is 2.73. The van der Waals surface area contributed by atoms with E-state index < -0.39 is 0 Å². The van der Waals surface area contributed by atoms with Crippen LogP contribution in [0.5, 0.6) is 5.75 Å². The number of hydrogen-bond donors (Lipinski definition) is 1. The highest BCUT2D eigenvalue weighted by atomic mass is 16.5. The van der Waals surface area contributed by atoms with Crippen LogP contribution in [0.2, 0.25) is 0 Å². The first-order valence-corrected chi connectivity index (χ1v) is 5.86. The molecule has 0 unspecified atom stereocenters. The number of hydrogen-bond acceptors (Lipinski definition) is 5. The van der Waals surface area contributed by atoms with Crippen LogP contribution in [0.4, 0.5) is 0 Å². The fraction of sp³-hybridized carbons (Fsp3) is 0.385. The quantitative estimate of drug-likeness (QED) is 0.878. The molecule has 0 aliphatic rings. The Labute approximate surface area is 106 Å². The minimum absolute atomic E-state index is 0.147. The Hall–Kier alpha value is -1.88. The van der Waals surface area contributed by atoms with Gasteiger partial charge in [-0.25, -0.2) is 0 Å². The van der Waals surface area contributed by atoms with Gasteiger partial charge in [0.2, 0.25) is 11.8 Å². The van der Waals surface area contributed by atoms with Crippen molar-refractivity contribution in [3.63, 3.8) is 0 Å². The van der Waals surface area contributed by atoms with Crippen LogP contribution in [0, 0.1) is 6.92 Å². The van der Waals surface area contributed by atoms with Gasteiger partial charge in [0.25, 0.3) is 0 Å². The van der Waals surface area contributed by atoms with Crippen molar-refractivity contribution in [1.29, 1.82) is 0 Å². The molecule has 1 heterocycles. The lowest BCUT2D eigenvalue weighted by atomic mass is 10.1. The van der Waals surface area contributed by atoms with E-state index in [0.717, 1.165) is 11.3 Å². The normalized spacial score (nSPS) is 12.4. The van der Waals surface area contributed by atoms with Crippen LogP contribution >= 0.6 is 0 Å². The molecule has 1 N–H and O–H groups in total. The van der Waals surface area contributed by atoms with Crippen LogP contribution < -0.4 is 10.1 Å². The SMILES string of the molecule is COc1ccccc1[C@@H](C)NCc1nnc(C)o1. The number of nitrogens with one attached hydrogen (secondary N) is 1. The minimum Gasteiger partial charge on any atom is -0.496 e. The third kappa shape index (κ3) is 2.87. The zero-order valence-corrected chi connectivity index (χ0v) is 10.8. The average molecular weight is 247 g/mol. The predicted molar refractivity (Wildman–Crippen MR) is 67.3 cm³/mol. The maximum absolute atomic E-state index is 5.33. The highest BCUT2D eigenvalue weighted by Gasteiger charge is 2.11. The molecule has 0 amide bonds. The second kappa shape index (κ2) is 5.64. The molecule has 0 spiro atoms. The Morgan fingerprint density at radius 1 is 1.33 bits per heavy atom. The van der Waals surface area contributed by atoms with Gasteiger partial charge in [0, 0.05) is 18.5 Å². The summed E-state index contributed by atoms with van der Waals surface area (Å²) in [5.41, 5.74) is 1.11. The van der Waals surface area contributed by atoms with Crippen LogP contribution in [0.1, 0.15) is 30.3 Å². The molecule has 2 rings (SSSR count).